The number of anilines is 1. The second-order valence-corrected chi connectivity index (χ2v) is 6.26. The van der Waals surface area contributed by atoms with Gasteiger partial charge in [-0.3, -0.25) is 4.79 Å². The van der Waals surface area contributed by atoms with E-state index in [1.165, 1.54) is 0 Å². The maximum absolute atomic E-state index is 13.3. The molecule has 130 valence electrons. The molecule has 0 spiro atoms. The maximum atomic E-state index is 13.3. The third kappa shape index (κ3) is 3.92. The van der Waals surface area contributed by atoms with Crippen LogP contribution < -0.4 is 5.32 Å². The molecule has 0 unspecified atom stereocenters. The van der Waals surface area contributed by atoms with Gasteiger partial charge in [0.25, 0.3) is 0 Å². The van der Waals surface area contributed by atoms with Crippen LogP contribution >= 0.6 is 0 Å². The number of nitrogens with one attached hydrogen (secondary N) is 1. The lowest BCUT2D eigenvalue weighted by Crippen LogP contribution is -2.38. The molecule has 3 rings (SSSR count). The Morgan fingerprint density at radius 2 is 1.38 bits per heavy atom. The molecule has 0 aromatic heterocycles. The zero-order chi connectivity index (χ0) is 18.2. The molecule has 0 saturated heterocycles. The van der Waals surface area contributed by atoms with Gasteiger partial charge in [-0.15, -0.1) is 0 Å². The average molecular weight is 341 g/mol. The molecule has 0 bridgehead atoms. The van der Waals surface area contributed by atoms with E-state index in [2.05, 4.69) is 5.32 Å². The highest BCUT2D eigenvalue weighted by Crippen LogP contribution is 2.32. The minimum Gasteiger partial charge on any atom is -0.325 e. The number of hydrogen-bond acceptors (Lipinski definition) is 1. The summed E-state index contributed by atoms with van der Waals surface area (Å²) in [7, 11) is 0. The van der Waals surface area contributed by atoms with Gasteiger partial charge in [-0.25, -0.2) is 0 Å². The molecule has 3 aromatic carbocycles. The van der Waals surface area contributed by atoms with Gasteiger partial charge < -0.3 is 5.32 Å². The average Bonchev–Trinajstić information content (AvgIpc) is 2.71. The van der Waals surface area contributed by atoms with Gasteiger partial charge >= 0.3 is 0 Å². The van der Waals surface area contributed by atoms with E-state index in [9.17, 15) is 4.79 Å². The molecule has 26 heavy (non-hydrogen) atoms. The van der Waals surface area contributed by atoms with Gasteiger partial charge in [0.1, 0.15) is 0 Å². The van der Waals surface area contributed by atoms with Crippen LogP contribution in [0.1, 0.15) is 24.5 Å². The van der Waals surface area contributed by atoms with Gasteiger partial charge in [0.15, 0.2) is 0 Å². The first-order valence-electron chi connectivity index (χ1n) is 8.91. The van der Waals surface area contributed by atoms with Crippen molar-refractivity contribution in [3.63, 3.8) is 0 Å². The third-order valence-electron chi connectivity index (χ3n) is 4.64. The van der Waals surface area contributed by atoms with E-state index in [4.69, 9.17) is 0 Å². The highest BCUT2D eigenvalue weighted by molar-refractivity contribution is 6.01. The molecular formula is C24H23NO. The number of amides is 1. The normalized spacial score (nSPS) is 13.3. The first-order chi connectivity index (χ1) is 12.7. The Balaban J connectivity index is 2.00. The standard InChI is InChI=1S/C24H23NO/c1-2-24(21-14-8-4-9-15-21,19-18-20-12-6-3-7-13-20)23(26)25-22-16-10-5-11-17-22/h3-19H,2H2,1H3,(H,25,26)/b19-18-/t24-/m1/s1. The summed E-state index contributed by atoms with van der Waals surface area (Å²) in [5.74, 6) is -0.0235. The summed E-state index contributed by atoms with van der Waals surface area (Å²) in [4.78, 5) is 13.3. The Hall–Kier alpha value is -3.13. The van der Waals surface area contributed by atoms with Gasteiger partial charge in [-0.2, -0.15) is 0 Å². The molecule has 0 aliphatic heterocycles. The monoisotopic (exact) mass is 341 g/mol. The molecule has 3 aromatic rings. The van der Waals surface area contributed by atoms with Crippen molar-refractivity contribution < 1.29 is 4.79 Å². The Morgan fingerprint density at radius 1 is 0.846 bits per heavy atom. The van der Waals surface area contributed by atoms with Crippen molar-refractivity contribution in [2.45, 2.75) is 18.8 Å². The summed E-state index contributed by atoms with van der Waals surface area (Å²) in [5.41, 5.74) is 2.14. The number of hydrogen-bond donors (Lipinski definition) is 1. The highest BCUT2D eigenvalue weighted by Gasteiger charge is 2.36. The third-order valence-corrected chi connectivity index (χ3v) is 4.64. The van der Waals surface area contributed by atoms with Crippen LogP contribution in [0.5, 0.6) is 0 Å². The second kappa shape index (κ2) is 8.30. The summed E-state index contributed by atoms with van der Waals surface area (Å²) in [5, 5.41) is 3.08. The maximum Gasteiger partial charge on any atom is 0.238 e. The SMILES string of the molecule is CC[C@](/C=C\c1ccccc1)(C(=O)Nc1ccccc1)c1ccccc1. The largest absolute Gasteiger partial charge is 0.325 e. The fourth-order valence-electron chi connectivity index (χ4n) is 3.09. The molecule has 0 aliphatic rings. The minimum absolute atomic E-state index is 0.0235. The number of rotatable bonds is 6. The van der Waals surface area contributed by atoms with Gasteiger partial charge in [0.2, 0.25) is 5.91 Å². The lowest BCUT2D eigenvalue weighted by Gasteiger charge is -2.29. The van der Waals surface area contributed by atoms with Crippen LogP contribution in [0.2, 0.25) is 0 Å². The zero-order valence-corrected chi connectivity index (χ0v) is 14.9. The summed E-state index contributed by atoms with van der Waals surface area (Å²) >= 11 is 0. The Morgan fingerprint density at radius 3 is 1.96 bits per heavy atom. The lowest BCUT2D eigenvalue weighted by atomic mass is 9.76. The van der Waals surface area contributed by atoms with Crippen molar-refractivity contribution in [3.05, 3.63) is 108 Å². The molecule has 0 saturated carbocycles. The van der Waals surface area contributed by atoms with E-state index < -0.39 is 5.41 Å². The summed E-state index contributed by atoms with van der Waals surface area (Å²) in [6, 6.07) is 29.6. The quantitative estimate of drug-likeness (QED) is 0.613. The van der Waals surface area contributed by atoms with Crippen molar-refractivity contribution in [2.24, 2.45) is 0 Å². The first-order valence-corrected chi connectivity index (χ1v) is 8.91. The summed E-state index contributed by atoms with van der Waals surface area (Å²) in [6.45, 7) is 2.05. The van der Waals surface area contributed by atoms with Gasteiger partial charge in [-0.1, -0.05) is 97.9 Å². The molecule has 0 heterocycles. The molecule has 0 fully saturated rings. The van der Waals surface area contributed by atoms with Crippen LogP contribution in [0, 0.1) is 0 Å². The van der Waals surface area contributed by atoms with Crippen molar-refractivity contribution in [3.8, 4) is 0 Å². The van der Waals surface area contributed by atoms with Crippen molar-refractivity contribution >= 4 is 17.7 Å². The fraction of sp³-hybridized carbons (Fsp3) is 0.125. The summed E-state index contributed by atoms with van der Waals surface area (Å²) in [6.07, 6.45) is 4.72. The molecule has 1 atom stereocenters. The molecular weight excluding hydrogens is 318 g/mol. The van der Waals surface area contributed by atoms with Crippen molar-refractivity contribution in [1.82, 2.24) is 0 Å². The van der Waals surface area contributed by atoms with Gasteiger partial charge in [0.05, 0.1) is 5.41 Å². The Kier molecular flexibility index (Phi) is 5.65. The van der Waals surface area contributed by atoms with E-state index in [0.717, 1.165) is 16.8 Å². The summed E-state index contributed by atoms with van der Waals surface area (Å²) < 4.78 is 0. The van der Waals surface area contributed by atoms with E-state index in [-0.39, 0.29) is 5.91 Å². The highest BCUT2D eigenvalue weighted by atomic mass is 16.2. The second-order valence-electron chi connectivity index (χ2n) is 6.26. The van der Waals surface area contributed by atoms with Crippen LogP contribution in [0.25, 0.3) is 6.08 Å². The van der Waals surface area contributed by atoms with Crippen LogP contribution in [-0.2, 0) is 10.2 Å². The molecule has 1 amide bonds. The molecule has 0 radical (unpaired) electrons. The number of carbonyl (C=O) groups excluding carboxylic acids is 1. The Labute approximate surface area is 155 Å². The smallest absolute Gasteiger partial charge is 0.238 e. The minimum atomic E-state index is -0.729. The predicted octanol–water partition coefficient (Wildman–Crippen LogP) is 5.69. The van der Waals surface area contributed by atoms with Gasteiger partial charge in [-0.05, 0) is 29.7 Å². The van der Waals surface area contributed by atoms with Crippen LogP contribution in [0.3, 0.4) is 0 Å². The van der Waals surface area contributed by atoms with Gasteiger partial charge in [0, 0.05) is 5.69 Å². The van der Waals surface area contributed by atoms with E-state index in [0.29, 0.717) is 6.42 Å². The first kappa shape index (κ1) is 17.7. The predicted molar refractivity (Wildman–Crippen MR) is 109 cm³/mol. The van der Waals surface area contributed by atoms with Crippen molar-refractivity contribution in [2.75, 3.05) is 5.32 Å². The lowest BCUT2D eigenvalue weighted by molar-refractivity contribution is -0.120. The number of benzene rings is 3. The van der Waals surface area contributed by atoms with Crippen LogP contribution in [-0.4, -0.2) is 5.91 Å². The number of carbonyl (C=O) groups is 1. The molecule has 2 nitrogen and oxygen atoms in total. The van der Waals surface area contributed by atoms with Crippen LogP contribution in [0.4, 0.5) is 5.69 Å². The van der Waals surface area contributed by atoms with E-state index in [1.807, 2.05) is 110 Å². The van der Waals surface area contributed by atoms with Crippen LogP contribution in [0.15, 0.2) is 97.1 Å². The molecule has 0 aliphatic carbocycles. The zero-order valence-electron chi connectivity index (χ0n) is 14.9. The number of para-hydroxylation sites is 1. The molecule has 1 N–H and O–H groups in total. The molecule has 2 heteroatoms. The Bertz CT molecular complexity index is 856. The fourth-order valence-corrected chi connectivity index (χ4v) is 3.09. The van der Waals surface area contributed by atoms with Crippen molar-refractivity contribution in [1.29, 1.82) is 0 Å². The topological polar surface area (TPSA) is 29.1 Å². The van der Waals surface area contributed by atoms with E-state index in [1.54, 1.807) is 0 Å². The van der Waals surface area contributed by atoms with E-state index >= 15 is 0 Å².